The highest BCUT2D eigenvalue weighted by atomic mass is 79.9. The van der Waals surface area contributed by atoms with E-state index in [1.807, 2.05) is 23.1 Å². The highest BCUT2D eigenvalue weighted by Gasteiger charge is 2.23. The Morgan fingerprint density at radius 2 is 2.25 bits per heavy atom. The maximum absolute atomic E-state index is 12.7. The number of hydrogen-bond acceptors (Lipinski definition) is 2. The lowest BCUT2D eigenvalue weighted by molar-refractivity contribution is 0.0741. The first-order chi connectivity index (χ1) is 9.61. The van der Waals surface area contributed by atoms with E-state index < -0.39 is 0 Å². The number of amides is 1. The monoisotopic (exact) mass is 402 g/mol. The van der Waals surface area contributed by atoms with E-state index in [0.29, 0.717) is 6.04 Å². The van der Waals surface area contributed by atoms with Crippen molar-refractivity contribution in [2.45, 2.75) is 32.2 Å². The zero-order chi connectivity index (χ0) is 14.5. The fourth-order valence-corrected chi connectivity index (χ4v) is 3.77. The van der Waals surface area contributed by atoms with Gasteiger partial charge in [-0.25, -0.2) is 0 Å². The highest BCUT2D eigenvalue weighted by Crippen LogP contribution is 2.23. The van der Waals surface area contributed by atoms with Gasteiger partial charge >= 0.3 is 0 Å². The Balaban J connectivity index is 2.12. The van der Waals surface area contributed by atoms with Gasteiger partial charge in [0.2, 0.25) is 0 Å². The molecule has 0 saturated carbocycles. The summed E-state index contributed by atoms with van der Waals surface area (Å²) in [5, 5.41) is 3.46. The summed E-state index contributed by atoms with van der Waals surface area (Å²) in [6.07, 6.45) is 3.35. The van der Waals surface area contributed by atoms with Gasteiger partial charge in [0.15, 0.2) is 0 Å². The van der Waals surface area contributed by atoms with Gasteiger partial charge in [0, 0.05) is 28.1 Å². The zero-order valence-corrected chi connectivity index (χ0v) is 14.8. The van der Waals surface area contributed by atoms with E-state index in [9.17, 15) is 4.79 Å². The average Bonchev–Trinajstić information content (AvgIpc) is 2.90. The molecule has 0 bridgehead atoms. The second-order valence-corrected chi connectivity index (χ2v) is 6.94. The second-order valence-electron chi connectivity index (χ2n) is 5.17. The van der Waals surface area contributed by atoms with E-state index in [-0.39, 0.29) is 5.91 Å². The van der Waals surface area contributed by atoms with Gasteiger partial charge in [0.1, 0.15) is 0 Å². The van der Waals surface area contributed by atoms with Gasteiger partial charge in [-0.05, 0) is 59.9 Å². The van der Waals surface area contributed by atoms with E-state index in [1.165, 1.54) is 6.42 Å². The Labute approximate surface area is 137 Å². The van der Waals surface area contributed by atoms with Crippen LogP contribution in [0, 0.1) is 0 Å². The Morgan fingerprint density at radius 1 is 1.45 bits per heavy atom. The van der Waals surface area contributed by atoms with Gasteiger partial charge < -0.3 is 10.2 Å². The molecule has 3 nitrogen and oxygen atoms in total. The maximum atomic E-state index is 12.7. The Hall–Kier alpha value is -0.390. The molecule has 5 heteroatoms. The summed E-state index contributed by atoms with van der Waals surface area (Å²) < 4.78 is 1.82. The number of carbonyl (C=O) groups is 1. The predicted octanol–water partition coefficient (Wildman–Crippen LogP) is 3.82. The lowest BCUT2D eigenvalue weighted by atomic mass is 10.1. The third-order valence-corrected chi connectivity index (χ3v) is 4.69. The van der Waals surface area contributed by atoms with Gasteiger partial charge in [0.05, 0.1) is 5.56 Å². The molecule has 20 heavy (non-hydrogen) atoms. The number of benzene rings is 1. The molecule has 1 aliphatic heterocycles. The smallest absolute Gasteiger partial charge is 0.255 e. The number of carbonyl (C=O) groups excluding carboxylic acids is 1. The van der Waals surface area contributed by atoms with Crippen molar-refractivity contribution in [1.82, 2.24) is 10.2 Å². The summed E-state index contributed by atoms with van der Waals surface area (Å²) in [6, 6.07) is 6.15. The molecule has 1 aromatic carbocycles. The molecular weight excluding hydrogens is 384 g/mol. The average molecular weight is 404 g/mol. The van der Waals surface area contributed by atoms with Crippen LogP contribution in [-0.4, -0.2) is 36.5 Å². The SMILES string of the molecule is CCCN(CC1CCCN1)C(=O)c1ccc(Br)cc1Br. The summed E-state index contributed by atoms with van der Waals surface area (Å²) in [5.41, 5.74) is 0.736. The van der Waals surface area contributed by atoms with Gasteiger partial charge in [-0.3, -0.25) is 4.79 Å². The standard InChI is InChI=1S/C15H20Br2N2O/c1-2-8-19(10-12-4-3-7-18-12)15(20)13-6-5-11(16)9-14(13)17/h5-6,9,12,18H,2-4,7-8,10H2,1H3. The van der Waals surface area contributed by atoms with Gasteiger partial charge in [-0.1, -0.05) is 22.9 Å². The van der Waals surface area contributed by atoms with E-state index in [4.69, 9.17) is 0 Å². The fraction of sp³-hybridized carbons (Fsp3) is 0.533. The van der Waals surface area contributed by atoms with Crippen LogP contribution in [0.5, 0.6) is 0 Å². The van der Waals surface area contributed by atoms with Gasteiger partial charge in [0.25, 0.3) is 5.91 Å². The van der Waals surface area contributed by atoms with E-state index in [2.05, 4.69) is 44.1 Å². The molecule has 1 unspecified atom stereocenters. The molecule has 0 aliphatic carbocycles. The van der Waals surface area contributed by atoms with E-state index >= 15 is 0 Å². The van der Waals surface area contributed by atoms with E-state index in [0.717, 1.165) is 47.0 Å². The molecule has 1 N–H and O–H groups in total. The summed E-state index contributed by atoms with van der Waals surface area (Å²) in [5.74, 6) is 0.111. The summed E-state index contributed by atoms with van der Waals surface area (Å²) in [7, 11) is 0. The first-order valence-corrected chi connectivity index (χ1v) is 8.68. The van der Waals surface area contributed by atoms with Crippen LogP contribution in [0.2, 0.25) is 0 Å². The number of nitrogens with zero attached hydrogens (tertiary/aromatic N) is 1. The molecular formula is C15H20Br2N2O. The molecule has 1 aliphatic rings. The van der Waals surface area contributed by atoms with Crippen LogP contribution in [0.4, 0.5) is 0 Å². The van der Waals surface area contributed by atoms with Crippen molar-refractivity contribution < 1.29 is 4.79 Å². The first kappa shape index (κ1) is 16.0. The number of hydrogen-bond donors (Lipinski definition) is 1. The number of halogens is 2. The molecule has 0 aromatic heterocycles. The molecule has 1 heterocycles. The lowest BCUT2D eigenvalue weighted by Crippen LogP contribution is -2.41. The van der Waals surface area contributed by atoms with Crippen molar-refractivity contribution in [3.63, 3.8) is 0 Å². The largest absolute Gasteiger partial charge is 0.337 e. The molecule has 0 spiro atoms. The molecule has 1 saturated heterocycles. The Bertz CT molecular complexity index is 473. The molecule has 2 rings (SSSR count). The van der Waals surface area contributed by atoms with Crippen LogP contribution < -0.4 is 5.32 Å². The van der Waals surface area contributed by atoms with Crippen LogP contribution >= 0.6 is 31.9 Å². The van der Waals surface area contributed by atoms with Gasteiger partial charge in [-0.15, -0.1) is 0 Å². The van der Waals surface area contributed by atoms with Crippen molar-refractivity contribution >= 4 is 37.8 Å². The van der Waals surface area contributed by atoms with Crippen LogP contribution in [0.1, 0.15) is 36.5 Å². The molecule has 0 radical (unpaired) electrons. The van der Waals surface area contributed by atoms with Crippen molar-refractivity contribution in [2.24, 2.45) is 0 Å². The summed E-state index contributed by atoms with van der Waals surface area (Å²) >= 11 is 6.91. The Morgan fingerprint density at radius 3 is 2.85 bits per heavy atom. The molecule has 1 atom stereocenters. The molecule has 110 valence electrons. The maximum Gasteiger partial charge on any atom is 0.255 e. The minimum Gasteiger partial charge on any atom is -0.337 e. The molecule has 1 amide bonds. The van der Waals surface area contributed by atoms with Crippen molar-refractivity contribution in [3.05, 3.63) is 32.7 Å². The van der Waals surface area contributed by atoms with Gasteiger partial charge in [-0.2, -0.15) is 0 Å². The second kappa shape index (κ2) is 7.57. The van der Waals surface area contributed by atoms with Crippen molar-refractivity contribution in [3.8, 4) is 0 Å². The van der Waals surface area contributed by atoms with Crippen LogP contribution in [0.25, 0.3) is 0 Å². The number of nitrogens with one attached hydrogen (secondary N) is 1. The zero-order valence-electron chi connectivity index (χ0n) is 11.7. The minimum absolute atomic E-state index is 0.111. The minimum atomic E-state index is 0.111. The normalized spacial score (nSPS) is 18.2. The topological polar surface area (TPSA) is 32.3 Å². The van der Waals surface area contributed by atoms with Crippen LogP contribution in [-0.2, 0) is 0 Å². The van der Waals surface area contributed by atoms with Crippen molar-refractivity contribution in [2.75, 3.05) is 19.6 Å². The van der Waals surface area contributed by atoms with Crippen molar-refractivity contribution in [1.29, 1.82) is 0 Å². The fourth-order valence-electron chi connectivity index (χ4n) is 2.56. The first-order valence-electron chi connectivity index (χ1n) is 7.09. The quantitative estimate of drug-likeness (QED) is 0.810. The summed E-state index contributed by atoms with van der Waals surface area (Å²) in [6.45, 7) is 4.79. The molecule has 1 aromatic rings. The van der Waals surface area contributed by atoms with E-state index in [1.54, 1.807) is 0 Å². The van der Waals surface area contributed by atoms with Crippen LogP contribution in [0.15, 0.2) is 27.1 Å². The lowest BCUT2D eigenvalue weighted by Gasteiger charge is -2.26. The highest BCUT2D eigenvalue weighted by molar-refractivity contribution is 9.11. The number of rotatable bonds is 5. The summed E-state index contributed by atoms with van der Waals surface area (Å²) in [4.78, 5) is 14.7. The Kier molecular flexibility index (Phi) is 6.05. The third kappa shape index (κ3) is 4.06. The molecule has 1 fully saturated rings. The predicted molar refractivity (Wildman–Crippen MR) is 89.1 cm³/mol. The third-order valence-electron chi connectivity index (χ3n) is 3.55. The van der Waals surface area contributed by atoms with Crippen LogP contribution in [0.3, 0.4) is 0 Å².